The van der Waals surface area contributed by atoms with Gasteiger partial charge in [-0.3, -0.25) is 0 Å². The number of pyridine rings is 1. The number of halogens is 1. The molecule has 0 unspecified atom stereocenters. The number of fused-ring (bicyclic) bond motifs is 3. The Bertz CT molecular complexity index is 784. The van der Waals surface area contributed by atoms with Crippen LogP contribution in [-0.4, -0.2) is 14.8 Å². The van der Waals surface area contributed by atoms with Gasteiger partial charge in [0, 0.05) is 10.8 Å². The summed E-state index contributed by atoms with van der Waals surface area (Å²) < 4.78 is 2.09. The minimum absolute atomic E-state index is 0.305. The van der Waals surface area contributed by atoms with Crippen LogP contribution in [0.25, 0.3) is 16.3 Å². The second kappa shape index (κ2) is 3.43. The Morgan fingerprint density at radius 3 is 2.71 bits per heavy atom. The van der Waals surface area contributed by atoms with Crippen molar-refractivity contribution in [2.24, 2.45) is 0 Å². The highest BCUT2D eigenvalue weighted by Crippen LogP contribution is 2.30. The molecule has 3 aromatic rings. The molecule has 6 heteroatoms. The Balaban J connectivity index is 2.72. The molecule has 82 valence electrons. The van der Waals surface area contributed by atoms with Gasteiger partial charge in [0.15, 0.2) is 4.60 Å². The fourth-order valence-corrected chi connectivity index (χ4v) is 2.38. The van der Waals surface area contributed by atoms with Crippen LogP contribution in [0.5, 0.6) is 0 Å². The molecule has 0 atom stereocenters. The number of hydrogen-bond acceptors (Lipinski definition) is 4. The molecule has 3 rings (SSSR count). The fourth-order valence-electron chi connectivity index (χ4n) is 1.93. The number of anilines is 1. The van der Waals surface area contributed by atoms with Gasteiger partial charge in [-0.2, -0.15) is 9.78 Å². The number of aromatic nitrogens is 3. The summed E-state index contributed by atoms with van der Waals surface area (Å²) in [6, 6.07) is 9.66. The van der Waals surface area contributed by atoms with Gasteiger partial charge in [-0.1, -0.05) is 29.5 Å². The van der Waals surface area contributed by atoms with Crippen molar-refractivity contribution in [3.8, 4) is 6.07 Å². The number of rotatable bonds is 0. The van der Waals surface area contributed by atoms with E-state index in [-0.39, 0.29) is 0 Å². The molecule has 2 N–H and O–H groups in total. The molecule has 0 bridgehead atoms. The van der Waals surface area contributed by atoms with Crippen molar-refractivity contribution in [1.82, 2.24) is 14.8 Å². The van der Waals surface area contributed by atoms with E-state index in [1.807, 2.05) is 24.3 Å². The molecular formula is C11H6BrN5. The van der Waals surface area contributed by atoms with E-state index >= 15 is 0 Å². The van der Waals surface area contributed by atoms with Gasteiger partial charge < -0.3 is 5.73 Å². The second-order valence-corrected chi connectivity index (χ2v) is 4.31. The van der Waals surface area contributed by atoms with Crippen LogP contribution in [0.1, 0.15) is 5.56 Å². The molecule has 17 heavy (non-hydrogen) atoms. The maximum absolute atomic E-state index is 9.18. The highest BCUT2D eigenvalue weighted by atomic mass is 79.9. The largest absolute Gasteiger partial charge is 0.382 e. The Kier molecular flexibility index (Phi) is 2.03. The van der Waals surface area contributed by atoms with Crippen LogP contribution < -0.4 is 5.73 Å². The minimum atomic E-state index is 0.305. The first-order valence-corrected chi connectivity index (χ1v) is 5.64. The van der Waals surface area contributed by atoms with E-state index in [1.54, 1.807) is 0 Å². The number of nitriles is 1. The molecule has 0 saturated carbocycles. The van der Waals surface area contributed by atoms with Crippen LogP contribution >= 0.6 is 15.9 Å². The third kappa shape index (κ3) is 1.23. The predicted molar refractivity (Wildman–Crippen MR) is 67.3 cm³/mol. The zero-order valence-electron chi connectivity index (χ0n) is 8.55. The summed E-state index contributed by atoms with van der Waals surface area (Å²) in [5.74, 6) is 0.305. The molecule has 0 aliphatic carbocycles. The molecule has 0 amide bonds. The fraction of sp³-hybridized carbons (Fsp3) is 0. The topological polar surface area (TPSA) is 80.0 Å². The van der Waals surface area contributed by atoms with Gasteiger partial charge in [-0.25, -0.2) is 0 Å². The maximum atomic E-state index is 9.18. The zero-order chi connectivity index (χ0) is 12.0. The van der Waals surface area contributed by atoms with Crippen LogP contribution in [0.4, 0.5) is 5.82 Å². The number of benzene rings is 1. The van der Waals surface area contributed by atoms with Gasteiger partial charge in [-0.05, 0) is 15.9 Å². The van der Waals surface area contributed by atoms with Crippen molar-refractivity contribution in [2.75, 3.05) is 5.73 Å². The summed E-state index contributed by atoms with van der Waals surface area (Å²) in [5.41, 5.74) is 7.12. The Hall–Kier alpha value is -2.13. The van der Waals surface area contributed by atoms with Crippen LogP contribution in [0.15, 0.2) is 28.9 Å². The van der Waals surface area contributed by atoms with Gasteiger partial charge in [-0.15, -0.1) is 5.10 Å². The Morgan fingerprint density at radius 2 is 2.00 bits per heavy atom. The summed E-state index contributed by atoms with van der Waals surface area (Å²) in [7, 11) is 0. The molecule has 5 nitrogen and oxygen atoms in total. The Labute approximate surface area is 105 Å². The molecular weight excluding hydrogens is 282 g/mol. The molecule has 0 radical (unpaired) electrons. The quantitative estimate of drug-likeness (QED) is 0.687. The number of nitrogens with two attached hydrogens (primary N) is 1. The van der Waals surface area contributed by atoms with Gasteiger partial charge in [0.1, 0.15) is 23.0 Å². The summed E-state index contributed by atoms with van der Waals surface area (Å²) in [6.45, 7) is 0. The lowest BCUT2D eigenvalue weighted by Crippen LogP contribution is -2.03. The SMILES string of the molecule is N#Cc1c(N)n2nnc(Br)c2c2ccccc12. The monoisotopic (exact) mass is 287 g/mol. The van der Waals surface area contributed by atoms with Gasteiger partial charge in [0.2, 0.25) is 0 Å². The van der Waals surface area contributed by atoms with Crippen LogP contribution in [0.3, 0.4) is 0 Å². The molecule has 0 fully saturated rings. The smallest absolute Gasteiger partial charge is 0.156 e. The Morgan fingerprint density at radius 1 is 1.29 bits per heavy atom. The van der Waals surface area contributed by atoms with Gasteiger partial charge in [0.25, 0.3) is 0 Å². The van der Waals surface area contributed by atoms with Crippen molar-refractivity contribution >= 4 is 38.0 Å². The highest BCUT2D eigenvalue weighted by molar-refractivity contribution is 9.10. The first-order valence-electron chi connectivity index (χ1n) is 4.85. The number of hydrogen-bond donors (Lipinski definition) is 1. The lowest BCUT2D eigenvalue weighted by atomic mass is 10.1. The molecule has 0 aliphatic heterocycles. The standard InChI is InChI=1S/C11H6BrN5/c12-10-9-7-4-2-1-3-6(7)8(5-13)11(14)17(9)16-15-10/h1-4H,14H2. The van der Waals surface area contributed by atoms with Gasteiger partial charge in [0.05, 0.1) is 0 Å². The van der Waals surface area contributed by atoms with Crippen molar-refractivity contribution in [2.45, 2.75) is 0 Å². The molecule has 0 spiro atoms. The number of nitrogens with zero attached hydrogens (tertiary/aromatic N) is 4. The van der Waals surface area contributed by atoms with Crippen molar-refractivity contribution in [3.63, 3.8) is 0 Å². The third-order valence-corrected chi connectivity index (χ3v) is 3.21. The van der Waals surface area contributed by atoms with Crippen LogP contribution in [0, 0.1) is 11.3 Å². The lowest BCUT2D eigenvalue weighted by Gasteiger charge is -2.06. The van der Waals surface area contributed by atoms with Crippen molar-refractivity contribution in [3.05, 3.63) is 34.4 Å². The minimum Gasteiger partial charge on any atom is -0.382 e. The first kappa shape index (κ1) is 10.1. The van der Waals surface area contributed by atoms with E-state index in [4.69, 9.17) is 5.73 Å². The maximum Gasteiger partial charge on any atom is 0.156 e. The number of nitrogen functional groups attached to an aromatic ring is 1. The molecule has 2 aromatic heterocycles. The van der Waals surface area contributed by atoms with Crippen molar-refractivity contribution < 1.29 is 0 Å². The summed E-state index contributed by atoms with van der Waals surface area (Å²) in [5, 5.41) is 18.7. The molecule has 1 aromatic carbocycles. The van der Waals surface area contributed by atoms with Crippen LogP contribution in [0.2, 0.25) is 0 Å². The average Bonchev–Trinajstić information content (AvgIpc) is 2.73. The van der Waals surface area contributed by atoms with E-state index in [1.165, 1.54) is 4.52 Å². The third-order valence-electron chi connectivity index (χ3n) is 2.68. The van der Waals surface area contributed by atoms with Crippen LogP contribution in [-0.2, 0) is 0 Å². The molecule has 0 saturated heterocycles. The summed E-state index contributed by atoms with van der Waals surface area (Å²) in [6.07, 6.45) is 0. The molecule has 0 aliphatic rings. The second-order valence-electron chi connectivity index (χ2n) is 3.56. The highest BCUT2D eigenvalue weighted by Gasteiger charge is 2.15. The average molecular weight is 288 g/mol. The van der Waals surface area contributed by atoms with E-state index < -0.39 is 0 Å². The van der Waals surface area contributed by atoms with E-state index in [0.29, 0.717) is 16.0 Å². The van der Waals surface area contributed by atoms with Crippen molar-refractivity contribution in [1.29, 1.82) is 5.26 Å². The van der Waals surface area contributed by atoms with Gasteiger partial charge >= 0.3 is 0 Å². The predicted octanol–water partition coefficient (Wildman–Crippen LogP) is 2.10. The summed E-state index contributed by atoms with van der Waals surface area (Å²) >= 11 is 3.34. The van der Waals surface area contributed by atoms with E-state index in [2.05, 4.69) is 32.3 Å². The van der Waals surface area contributed by atoms with E-state index in [0.717, 1.165) is 16.3 Å². The normalized spacial score (nSPS) is 10.8. The lowest BCUT2D eigenvalue weighted by molar-refractivity contribution is 0.861. The molecule has 2 heterocycles. The first-order chi connectivity index (χ1) is 8.24. The van der Waals surface area contributed by atoms with E-state index in [9.17, 15) is 5.26 Å². The summed E-state index contributed by atoms with van der Waals surface area (Å²) in [4.78, 5) is 0. The zero-order valence-corrected chi connectivity index (χ0v) is 10.1.